The van der Waals surface area contributed by atoms with Crippen LogP contribution in [0.2, 0.25) is 0 Å². The van der Waals surface area contributed by atoms with Crippen molar-refractivity contribution in [2.24, 2.45) is 0 Å². The lowest BCUT2D eigenvalue weighted by Crippen LogP contribution is -2.17. The van der Waals surface area contributed by atoms with E-state index < -0.39 is 0 Å². The molecule has 0 aliphatic carbocycles. The van der Waals surface area contributed by atoms with Crippen LogP contribution in [0.4, 0.5) is 0 Å². The van der Waals surface area contributed by atoms with Crippen LogP contribution in [0.15, 0.2) is 0 Å². The minimum Gasteiger partial charge on any atom is -0.317 e. The lowest BCUT2D eigenvalue weighted by atomic mass is 10.4. The molecule has 0 unspecified atom stereocenters. The third-order valence-corrected chi connectivity index (χ3v) is 4.94. The van der Waals surface area contributed by atoms with Crippen LogP contribution in [0.25, 0.3) is 0 Å². The first kappa shape index (κ1) is 7.66. The summed E-state index contributed by atoms with van der Waals surface area (Å²) in [6, 6.07) is 0. The van der Waals surface area contributed by atoms with Crippen molar-refractivity contribution >= 4 is 31.8 Å². The Morgan fingerprint density at radius 2 is 2.00 bits per heavy atom. The molecule has 9 heavy (non-hydrogen) atoms. The van der Waals surface area contributed by atoms with Gasteiger partial charge >= 0.3 is 16.3 Å². The molecule has 0 aromatic heterocycles. The third-order valence-electron chi connectivity index (χ3n) is 1.52. The summed E-state index contributed by atoms with van der Waals surface area (Å²) in [7, 11) is 0.528. The van der Waals surface area contributed by atoms with Gasteiger partial charge in [-0.05, 0) is 23.7 Å². The van der Waals surface area contributed by atoms with E-state index >= 15 is 0 Å². The fraction of sp³-hybridized carbons (Fsp3) is 0.833. The van der Waals surface area contributed by atoms with Gasteiger partial charge < -0.3 is 4.79 Å². The molecule has 50 valence electrons. The van der Waals surface area contributed by atoms with Crippen molar-refractivity contribution in [3.05, 3.63) is 0 Å². The number of hydrogen-bond donors (Lipinski definition) is 0. The lowest BCUT2D eigenvalue weighted by molar-refractivity contribution is -0.109. The maximum Gasteiger partial charge on any atom is 0.327 e. The van der Waals surface area contributed by atoms with Crippen molar-refractivity contribution in [2.45, 2.75) is 12.8 Å². The predicted molar refractivity (Wildman–Crippen MR) is 44.8 cm³/mol. The van der Waals surface area contributed by atoms with E-state index in [0.717, 1.165) is 22.0 Å². The second-order valence-electron chi connectivity index (χ2n) is 2.57. The fourth-order valence-corrected chi connectivity index (χ4v) is 4.66. The smallest absolute Gasteiger partial charge is 0.317 e. The topological polar surface area (TPSA) is 17.1 Å². The van der Waals surface area contributed by atoms with E-state index in [2.05, 4.69) is 0 Å². The normalized spacial score (nSPS) is 20.4. The largest absolute Gasteiger partial charge is 0.327 e. The molecule has 1 saturated heterocycles. The summed E-state index contributed by atoms with van der Waals surface area (Å²) >= 11 is 0.772. The first-order valence-corrected chi connectivity index (χ1v) is 6.16. The van der Waals surface area contributed by atoms with Crippen molar-refractivity contribution < 1.29 is 4.79 Å². The van der Waals surface area contributed by atoms with Crippen molar-refractivity contribution in [2.75, 3.05) is 17.3 Å². The van der Waals surface area contributed by atoms with Gasteiger partial charge in [-0.3, -0.25) is 0 Å². The first-order chi connectivity index (χ1) is 4.29. The zero-order chi connectivity index (χ0) is 6.69. The summed E-state index contributed by atoms with van der Waals surface area (Å²) in [5.74, 6) is 3.61. The van der Waals surface area contributed by atoms with Crippen molar-refractivity contribution in [3.63, 3.8) is 0 Å². The number of rotatable bonds is 2. The maximum absolute atomic E-state index is 10.7. The zero-order valence-electron chi connectivity index (χ0n) is 5.85. The van der Waals surface area contributed by atoms with Crippen LogP contribution in [-0.2, 0) is 15.7 Å². The SMILES string of the molecule is O=[C]([AlH2])C[S+]1CCCC1. The van der Waals surface area contributed by atoms with E-state index in [1.54, 1.807) is 0 Å². The highest BCUT2D eigenvalue weighted by Gasteiger charge is 2.24. The molecule has 0 atom stereocenters. The summed E-state index contributed by atoms with van der Waals surface area (Å²) in [6.45, 7) is 0. The Hall–Kier alpha value is 0.552. The molecular weight excluding hydrogens is 147 g/mol. The molecule has 1 fully saturated rings. The van der Waals surface area contributed by atoms with Crippen molar-refractivity contribution in [3.8, 4) is 0 Å². The van der Waals surface area contributed by atoms with Crippen LogP contribution in [0.5, 0.6) is 0 Å². The average molecular weight is 159 g/mol. The summed E-state index contributed by atoms with van der Waals surface area (Å²) in [5, 5.41) is 0. The van der Waals surface area contributed by atoms with Gasteiger partial charge in [0.2, 0.25) is 0 Å². The first-order valence-electron chi connectivity index (χ1n) is 3.42. The quantitative estimate of drug-likeness (QED) is 0.394. The average Bonchev–Trinajstić information content (AvgIpc) is 2.15. The van der Waals surface area contributed by atoms with Gasteiger partial charge in [0, 0.05) is 0 Å². The van der Waals surface area contributed by atoms with Crippen LogP contribution in [0.3, 0.4) is 0 Å². The highest BCUT2D eigenvalue weighted by atomic mass is 32.2. The van der Waals surface area contributed by atoms with E-state index in [9.17, 15) is 4.79 Å². The molecule has 0 aromatic carbocycles. The number of hydrogen-bond acceptors (Lipinski definition) is 1. The van der Waals surface area contributed by atoms with Gasteiger partial charge in [-0.1, -0.05) is 0 Å². The summed E-state index contributed by atoms with van der Waals surface area (Å²) in [5.41, 5.74) is 0. The van der Waals surface area contributed by atoms with Crippen LogP contribution in [0, 0.1) is 0 Å². The molecule has 3 heteroatoms. The summed E-state index contributed by atoms with van der Waals surface area (Å²) in [6.07, 6.45) is 2.75. The minimum atomic E-state index is 0.514. The molecule has 0 bridgehead atoms. The molecule has 1 aliphatic rings. The second kappa shape index (κ2) is 3.66. The fourth-order valence-electron chi connectivity index (χ4n) is 1.15. The molecule has 0 N–H and O–H groups in total. The van der Waals surface area contributed by atoms with E-state index in [1.807, 2.05) is 0 Å². The van der Waals surface area contributed by atoms with E-state index in [-0.39, 0.29) is 0 Å². The van der Waals surface area contributed by atoms with Gasteiger partial charge in [-0.2, -0.15) is 0 Å². The van der Waals surface area contributed by atoms with Crippen LogP contribution < -0.4 is 0 Å². The Morgan fingerprint density at radius 3 is 2.44 bits per heavy atom. The number of carbonyl (C=O) groups excluding carboxylic acids is 1. The monoisotopic (exact) mass is 159 g/mol. The van der Waals surface area contributed by atoms with E-state index in [0.29, 0.717) is 15.5 Å². The second-order valence-corrected chi connectivity index (χ2v) is 6.02. The minimum absolute atomic E-state index is 0.514. The Balaban J connectivity index is 2.19. The Bertz CT molecular complexity index is 110. The van der Waals surface area contributed by atoms with Gasteiger partial charge in [0.1, 0.15) is 17.3 Å². The molecule has 0 radical (unpaired) electrons. The molecule has 1 rings (SSSR count). The van der Waals surface area contributed by atoms with Gasteiger partial charge in [0.05, 0.1) is 4.65 Å². The molecule has 0 spiro atoms. The third kappa shape index (κ3) is 2.75. The standard InChI is InChI=1S/C6H10OS.Al.2H/c7-3-6-8-4-1-2-5-8;;;/h1-2,4-6H2;;;/q+1;;;. The van der Waals surface area contributed by atoms with Crippen molar-refractivity contribution in [1.82, 2.24) is 0 Å². The van der Waals surface area contributed by atoms with Crippen LogP contribution in [0.1, 0.15) is 12.8 Å². The highest BCUT2D eigenvalue weighted by Crippen LogP contribution is 2.12. The lowest BCUT2D eigenvalue weighted by Gasteiger charge is -1.94. The highest BCUT2D eigenvalue weighted by molar-refractivity contribution is 7.97. The van der Waals surface area contributed by atoms with Gasteiger partial charge in [-0.25, -0.2) is 0 Å². The molecule has 1 aliphatic heterocycles. The molecule has 0 amide bonds. The van der Waals surface area contributed by atoms with Gasteiger partial charge in [0.15, 0.2) is 0 Å². The van der Waals surface area contributed by atoms with Crippen LogP contribution in [-0.4, -0.2) is 38.2 Å². The van der Waals surface area contributed by atoms with Gasteiger partial charge in [0.25, 0.3) is 0 Å². The zero-order valence-corrected chi connectivity index (χ0v) is 8.67. The molecule has 1 heterocycles. The predicted octanol–water partition coefficient (Wildman–Crippen LogP) is -0.442. The van der Waals surface area contributed by atoms with E-state index in [1.165, 1.54) is 24.3 Å². The van der Waals surface area contributed by atoms with Gasteiger partial charge in [-0.15, -0.1) is 0 Å². The summed E-state index contributed by atoms with van der Waals surface area (Å²) < 4.78 is 0.514. The maximum atomic E-state index is 10.7. The Labute approximate surface area is 67.0 Å². The summed E-state index contributed by atoms with van der Waals surface area (Å²) in [4.78, 5) is 10.7. The molecule has 0 saturated carbocycles. The Morgan fingerprint density at radius 1 is 1.44 bits per heavy atom. The van der Waals surface area contributed by atoms with Crippen LogP contribution >= 0.6 is 0 Å². The number of carbonyl (C=O) groups is 1. The molecule has 1 nitrogen and oxygen atoms in total. The molecule has 0 aromatic rings. The van der Waals surface area contributed by atoms with E-state index in [4.69, 9.17) is 0 Å². The van der Waals surface area contributed by atoms with Crippen molar-refractivity contribution in [1.29, 1.82) is 0 Å². The Kier molecular flexibility index (Phi) is 3.11. The molecular formula is C6H12AlOS+.